The fourth-order valence-corrected chi connectivity index (χ4v) is 2.14. The van der Waals surface area contributed by atoms with E-state index in [0.717, 1.165) is 25.2 Å². The molecule has 25 heavy (non-hydrogen) atoms. The van der Waals surface area contributed by atoms with Gasteiger partial charge in [-0.3, -0.25) is 0 Å². The lowest BCUT2D eigenvalue weighted by atomic mass is 10.2. The van der Waals surface area contributed by atoms with Gasteiger partial charge in [0.1, 0.15) is 30.0 Å². The Morgan fingerprint density at radius 3 is 2.24 bits per heavy atom. The highest BCUT2D eigenvalue weighted by atomic mass is 16.6. The molecule has 3 rings (SSSR count). The molecule has 0 aliphatic carbocycles. The summed E-state index contributed by atoms with van der Waals surface area (Å²) in [7, 11) is 0. The molecule has 1 saturated heterocycles. The summed E-state index contributed by atoms with van der Waals surface area (Å²) in [4.78, 5) is 12.2. The summed E-state index contributed by atoms with van der Waals surface area (Å²) in [6.45, 7) is 4.10. The highest BCUT2D eigenvalue weighted by Crippen LogP contribution is 2.20. The molecule has 0 spiro atoms. The first-order valence-corrected chi connectivity index (χ1v) is 8.54. The second-order valence-corrected chi connectivity index (χ2v) is 5.85. The van der Waals surface area contributed by atoms with E-state index in [1.54, 1.807) is 48.5 Å². The molecule has 0 radical (unpaired) electrons. The minimum atomic E-state index is -0.406. The summed E-state index contributed by atoms with van der Waals surface area (Å²) in [6, 6.07) is 13.9. The fourth-order valence-electron chi connectivity index (χ4n) is 2.14. The van der Waals surface area contributed by atoms with Gasteiger partial charge in [-0.25, -0.2) is 4.79 Å². The highest BCUT2D eigenvalue weighted by Gasteiger charge is 2.23. The molecule has 0 bridgehead atoms. The van der Waals surface area contributed by atoms with Gasteiger partial charge in [-0.2, -0.15) is 0 Å². The first-order chi connectivity index (χ1) is 12.2. The molecular formula is C20H22O5. The van der Waals surface area contributed by atoms with Gasteiger partial charge in [0.05, 0.1) is 18.8 Å². The number of epoxide rings is 1. The number of benzene rings is 2. The van der Waals surface area contributed by atoms with Crippen molar-refractivity contribution in [1.29, 1.82) is 0 Å². The van der Waals surface area contributed by atoms with Crippen molar-refractivity contribution in [2.24, 2.45) is 0 Å². The molecule has 0 amide bonds. The SMILES string of the molecule is CCCCOc1ccc(OC(=O)c2ccc(OCC3CO3)cc2)cc1. The molecule has 1 atom stereocenters. The normalized spacial score (nSPS) is 15.5. The summed E-state index contributed by atoms with van der Waals surface area (Å²) in [5, 5.41) is 0. The molecule has 1 unspecified atom stereocenters. The standard InChI is InChI=1S/C20H22O5/c1-2-3-12-22-16-8-10-18(11-9-16)25-20(21)15-4-6-17(7-5-15)23-13-19-14-24-19/h4-11,19H,2-3,12-14H2,1H3. The first kappa shape index (κ1) is 17.3. The van der Waals surface area contributed by atoms with E-state index in [2.05, 4.69) is 6.92 Å². The second-order valence-electron chi connectivity index (χ2n) is 5.85. The average molecular weight is 342 g/mol. The molecule has 2 aromatic carbocycles. The lowest BCUT2D eigenvalue weighted by molar-refractivity contribution is 0.0734. The third kappa shape index (κ3) is 5.50. The summed E-state index contributed by atoms with van der Waals surface area (Å²) in [5.41, 5.74) is 0.471. The highest BCUT2D eigenvalue weighted by molar-refractivity contribution is 5.91. The maximum absolute atomic E-state index is 12.2. The van der Waals surface area contributed by atoms with E-state index >= 15 is 0 Å². The Hall–Kier alpha value is -2.53. The molecule has 132 valence electrons. The van der Waals surface area contributed by atoms with Gasteiger partial charge in [-0.05, 0) is 55.0 Å². The lowest BCUT2D eigenvalue weighted by Gasteiger charge is -2.08. The second kappa shape index (κ2) is 8.53. The van der Waals surface area contributed by atoms with Crippen molar-refractivity contribution in [3.63, 3.8) is 0 Å². The Morgan fingerprint density at radius 2 is 1.60 bits per heavy atom. The Labute approximate surface area is 147 Å². The maximum Gasteiger partial charge on any atom is 0.343 e. The largest absolute Gasteiger partial charge is 0.494 e. The molecule has 1 heterocycles. The molecule has 0 aromatic heterocycles. The van der Waals surface area contributed by atoms with Gasteiger partial charge < -0.3 is 18.9 Å². The number of carbonyl (C=O) groups is 1. The van der Waals surface area contributed by atoms with Crippen LogP contribution < -0.4 is 14.2 Å². The number of ether oxygens (including phenoxy) is 4. The van der Waals surface area contributed by atoms with Crippen LogP contribution in [0.3, 0.4) is 0 Å². The van der Waals surface area contributed by atoms with E-state index in [0.29, 0.717) is 30.3 Å². The zero-order valence-corrected chi connectivity index (χ0v) is 14.3. The van der Waals surface area contributed by atoms with Crippen LogP contribution in [0.15, 0.2) is 48.5 Å². The van der Waals surface area contributed by atoms with Crippen LogP contribution >= 0.6 is 0 Å². The van der Waals surface area contributed by atoms with E-state index in [9.17, 15) is 4.79 Å². The predicted octanol–water partition coefficient (Wildman–Crippen LogP) is 3.86. The number of hydrogen-bond acceptors (Lipinski definition) is 5. The minimum absolute atomic E-state index is 0.207. The van der Waals surface area contributed by atoms with E-state index in [-0.39, 0.29) is 6.10 Å². The van der Waals surface area contributed by atoms with E-state index in [4.69, 9.17) is 18.9 Å². The van der Waals surface area contributed by atoms with Gasteiger partial charge >= 0.3 is 5.97 Å². The van der Waals surface area contributed by atoms with Crippen LogP contribution in [0.5, 0.6) is 17.2 Å². The smallest absolute Gasteiger partial charge is 0.343 e. The molecule has 0 N–H and O–H groups in total. The molecule has 1 fully saturated rings. The van der Waals surface area contributed by atoms with Gasteiger partial charge in [-0.1, -0.05) is 13.3 Å². The van der Waals surface area contributed by atoms with Crippen molar-refractivity contribution < 1.29 is 23.7 Å². The molecule has 5 nitrogen and oxygen atoms in total. The Kier molecular flexibility index (Phi) is 5.90. The zero-order valence-electron chi connectivity index (χ0n) is 14.3. The number of rotatable bonds is 9. The van der Waals surface area contributed by atoms with E-state index in [1.807, 2.05) is 0 Å². The van der Waals surface area contributed by atoms with Crippen molar-refractivity contribution >= 4 is 5.97 Å². The third-order valence-electron chi connectivity index (χ3n) is 3.73. The van der Waals surface area contributed by atoms with Crippen LogP contribution in [0.25, 0.3) is 0 Å². The molecular weight excluding hydrogens is 320 g/mol. The van der Waals surface area contributed by atoms with Gasteiger partial charge in [0, 0.05) is 0 Å². The molecule has 0 saturated carbocycles. The summed E-state index contributed by atoms with van der Waals surface area (Å²) < 4.78 is 21.6. The summed E-state index contributed by atoms with van der Waals surface area (Å²) in [5.74, 6) is 1.56. The van der Waals surface area contributed by atoms with Crippen molar-refractivity contribution in [2.75, 3.05) is 19.8 Å². The number of carbonyl (C=O) groups excluding carboxylic acids is 1. The van der Waals surface area contributed by atoms with Gasteiger partial charge in [-0.15, -0.1) is 0 Å². The van der Waals surface area contributed by atoms with Crippen molar-refractivity contribution in [2.45, 2.75) is 25.9 Å². The van der Waals surface area contributed by atoms with Crippen LogP contribution in [0, 0.1) is 0 Å². The maximum atomic E-state index is 12.2. The van der Waals surface area contributed by atoms with Crippen LogP contribution in [-0.2, 0) is 4.74 Å². The third-order valence-corrected chi connectivity index (χ3v) is 3.73. The quantitative estimate of drug-likeness (QED) is 0.300. The van der Waals surface area contributed by atoms with Crippen LogP contribution in [-0.4, -0.2) is 31.9 Å². The molecule has 2 aromatic rings. The van der Waals surface area contributed by atoms with Crippen LogP contribution in [0.2, 0.25) is 0 Å². The monoisotopic (exact) mass is 342 g/mol. The van der Waals surface area contributed by atoms with Crippen molar-refractivity contribution in [3.8, 4) is 17.2 Å². The van der Waals surface area contributed by atoms with Crippen LogP contribution in [0.4, 0.5) is 0 Å². The van der Waals surface area contributed by atoms with Crippen molar-refractivity contribution in [1.82, 2.24) is 0 Å². The Morgan fingerprint density at radius 1 is 1.00 bits per heavy atom. The van der Waals surface area contributed by atoms with E-state index in [1.165, 1.54) is 0 Å². The average Bonchev–Trinajstić information content (AvgIpc) is 3.46. The minimum Gasteiger partial charge on any atom is -0.494 e. The van der Waals surface area contributed by atoms with Gasteiger partial charge in [0.15, 0.2) is 0 Å². The Bertz CT molecular complexity index is 674. The molecule has 1 aliphatic rings. The van der Waals surface area contributed by atoms with Gasteiger partial charge in [0.25, 0.3) is 0 Å². The topological polar surface area (TPSA) is 57.3 Å². The number of hydrogen-bond donors (Lipinski definition) is 0. The lowest BCUT2D eigenvalue weighted by Crippen LogP contribution is -2.09. The zero-order chi connectivity index (χ0) is 17.5. The summed E-state index contributed by atoms with van der Waals surface area (Å²) >= 11 is 0. The van der Waals surface area contributed by atoms with Crippen molar-refractivity contribution in [3.05, 3.63) is 54.1 Å². The first-order valence-electron chi connectivity index (χ1n) is 8.54. The van der Waals surface area contributed by atoms with E-state index < -0.39 is 5.97 Å². The number of esters is 1. The van der Waals surface area contributed by atoms with Gasteiger partial charge in [0.2, 0.25) is 0 Å². The molecule has 5 heteroatoms. The fraction of sp³-hybridized carbons (Fsp3) is 0.350. The number of unbranched alkanes of at least 4 members (excludes halogenated alkanes) is 1. The predicted molar refractivity (Wildman–Crippen MR) is 93.5 cm³/mol. The molecule has 1 aliphatic heterocycles. The Balaban J connectivity index is 1.50. The van der Waals surface area contributed by atoms with Crippen LogP contribution in [0.1, 0.15) is 30.1 Å². The summed E-state index contributed by atoms with van der Waals surface area (Å²) in [6.07, 6.45) is 2.32.